The molecular weight excluding hydrogens is 234 g/mol. The van der Waals surface area contributed by atoms with E-state index in [1.165, 1.54) is 6.20 Å². The van der Waals surface area contributed by atoms with Crippen LogP contribution in [0.25, 0.3) is 0 Å². The third kappa shape index (κ3) is 2.13. The Morgan fingerprint density at radius 3 is 3.22 bits per heavy atom. The predicted octanol–water partition coefficient (Wildman–Crippen LogP) is 0.855. The number of nitrogens with zero attached hydrogens (tertiary/aromatic N) is 2. The van der Waals surface area contributed by atoms with Gasteiger partial charge < -0.3 is 15.2 Å². The fourth-order valence-electron chi connectivity index (χ4n) is 1.87. The van der Waals surface area contributed by atoms with E-state index >= 15 is 0 Å². The summed E-state index contributed by atoms with van der Waals surface area (Å²) < 4.78 is 5.24. The molecule has 1 aliphatic heterocycles. The molecule has 6 nitrogen and oxygen atoms in total. The smallest absolute Gasteiger partial charge is 0.313 e. The van der Waals surface area contributed by atoms with E-state index in [4.69, 9.17) is 10.00 Å². The Hall–Kier alpha value is -2.13. The Balaban J connectivity index is 2.18. The van der Waals surface area contributed by atoms with Crippen LogP contribution in [0, 0.1) is 16.7 Å². The first-order valence-corrected chi connectivity index (χ1v) is 5.50. The molecule has 0 saturated carbocycles. The van der Waals surface area contributed by atoms with Crippen LogP contribution in [0.4, 0.5) is 5.69 Å². The molecule has 6 heteroatoms. The quantitative estimate of drug-likeness (QED) is 0.822. The second-order valence-electron chi connectivity index (χ2n) is 4.48. The molecule has 2 N–H and O–H groups in total. The zero-order valence-corrected chi connectivity index (χ0v) is 9.88. The Morgan fingerprint density at radius 2 is 2.56 bits per heavy atom. The summed E-state index contributed by atoms with van der Waals surface area (Å²) in [6, 6.07) is 4.89. The Bertz CT molecular complexity index is 512. The molecular formula is C12H13N3O3. The van der Waals surface area contributed by atoms with E-state index < -0.39 is 11.4 Å². The van der Waals surface area contributed by atoms with Gasteiger partial charge in [0, 0.05) is 11.9 Å². The number of hydrogen-bond acceptors (Lipinski definition) is 5. The number of pyridine rings is 1. The minimum atomic E-state index is -0.962. The topological polar surface area (TPSA) is 95.2 Å². The molecule has 0 bridgehead atoms. The van der Waals surface area contributed by atoms with Crippen molar-refractivity contribution in [2.24, 2.45) is 5.41 Å². The van der Waals surface area contributed by atoms with Crippen LogP contribution in [0.5, 0.6) is 0 Å². The van der Waals surface area contributed by atoms with Gasteiger partial charge >= 0.3 is 5.97 Å². The number of hydrogen-bond donors (Lipinski definition) is 2. The lowest BCUT2D eigenvalue weighted by Gasteiger charge is -2.26. The summed E-state index contributed by atoms with van der Waals surface area (Å²) in [4.78, 5) is 15.1. The van der Waals surface area contributed by atoms with Gasteiger partial charge in [-0.25, -0.2) is 4.98 Å². The minimum Gasteiger partial charge on any atom is -0.481 e. The average Bonchev–Trinajstić information content (AvgIpc) is 2.73. The van der Waals surface area contributed by atoms with Gasteiger partial charge in [0.15, 0.2) is 0 Å². The molecule has 0 radical (unpaired) electrons. The lowest BCUT2D eigenvalue weighted by atomic mass is 9.85. The monoisotopic (exact) mass is 247 g/mol. The molecule has 0 spiro atoms. The fourth-order valence-corrected chi connectivity index (χ4v) is 1.87. The summed E-state index contributed by atoms with van der Waals surface area (Å²) in [5, 5.41) is 21.1. The van der Waals surface area contributed by atoms with Gasteiger partial charge in [-0.05, 0) is 19.1 Å². The van der Waals surface area contributed by atoms with Crippen molar-refractivity contribution in [1.82, 2.24) is 4.98 Å². The highest BCUT2D eigenvalue weighted by molar-refractivity contribution is 5.76. The normalized spacial score (nSPS) is 26.6. The van der Waals surface area contributed by atoms with Crippen LogP contribution < -0.4 is 5.32 Å². The maximum atomic E-state index is 11.3. The van der Waals surface area contributed by atoms with Gasteiger partial charge in [-0.3, -0.25) is 4.79 Å². The SMILES string of the molecule is CC1(C(=O)O)COCC1Nc1ccnc(C#N)c1. The first-order valence-electron chi connectivity index (χ1n) is 5.50. The number of ether oxygens (including phenoxy) is 1. The summed E-state index contributed by atoms with van der Waals surface area (Å²) in [5.41, 5.74) is -0.00346. The zero-order valence-electron chi connectivity index (χ0n) is 9.88. The summed E-state index contributed by atoms with van der Waals surface area (Å²) >= 11 is 0. The van der Waals surface area contributed by atoms with Crippen molar-refractivity contribution in [3.8, 4) is 6.07 Å². The molecule has 2 heterocycles. The van der Waals surface area contributed by atoms with E-state index in [9.17, 15) is 9.90 Å². The number of carboxylic acid groups (broad SMARTS) is 1. The third-order valence-electron chi connectivity index (χ3n) is 3.16. The standard InChI is InChI=1S/C12H13N3O3/c1-12(11(16)17)7-18-6-10(12)15-8-2-3-14-9(4-8)5-13/h2-4,10H,6-7H2,1H3,(H,14,15)(H,16,17). The highest BCUT2D eigenvalue weighted by atomic mass is 16.5. The van der Waals surface area contributed by atoms with Gasteiger partial charge in [0.1, 0.15) is 17.2 Å². The number of nitrogens with one attached hydrogen (secondary N) is 1. The van der Waals surface area contributed by atoms with Crippen molar-refractivity contribution in [2.45, 2.75) is 13.0 Å². The number of aliphatic carboxylic acids is 1. The van der Waals surface area contributed by atoms with Crippen LogP contribution in [0.1, 0.15) is 12.6 Å². The van der Waals surface area contributed by atoms with Crippen molar-refractivity contribution in [2.75, 3.05) is 18.5 Å². The number of aromatic nitrogens is 1. The molecule has 0 amide bonds. The van der Waals surface area contributed by atoms with Crippen LogP contribution in [-0.4, -0.2) is 35.3 Å². The van der Waals surface area contributed by atoms with Gasteiger partial charge in [-0.2, -0.15) is 5.26 Å². The van der Waals surface area contributed by atoms with Crippen molar-refractivity contribution in [3.63, 3.8) is 0 Å². The summed E-state index contributed by atoms with van der Waals surface area (Å²) in [7, 11) is 0. The van der Waals surface area contributed by atoms with Crippen molar-refractivity contribution in [1.29, 1.82) is 5.26 Å². The molecule has 18 heavy (non-hydrogen) atoms. The van der Waals surface area contributed by atoms with Crippen LogP contribution in [0.3, 0.4) is 0 Å². The second kappa shape index (κ2) is 4.63. The van der Waals surface area contributed by atoms with E-state index in [0.29, 0.717) is 12.3 Å². The first kappa shape index (κ1) is 12.3. The van der Waals surface area contributed by atoms with Gasteiger partial charge in [0.05, 0.1) is 19.3 Å². The fraction of sp³-hybridized carbons (Fsp3) is 0.417. The maximum absolute atomic E-state index is 11.3. The van der Waals surface area contributed by atoms with Gasteiger partial charge in [-0.15, -0.1) is 0 Å². The second-order valence-corrected chi connectivity index (χ2v) is 4.48. The zero-order chi connectivity index (χ0) is 13.2. The highest BCUT2D eigenvalue weighted by Gasteiger charge is 2.46. The Kier molecular flexibility index (Phi) is 3.17. The number of rotatable bonds is 3. The molecule has 2 rings (SSSR count). The summed E-state index contributed by atoms with van der Waals surface area (Å²) in [6.45, 7) is 2.15. The van der Waals surface area contributed by atoms with E-state index in [1.54, 1.807) is 19.1 Å². The number of carboxylic acids is 1. The molecule has 1 aromatic heterocycles. The third-order valence-corrected chi connectivity index (χ3v) is 3.16. The average molecular weight is 247 g/mol. The van der Waals surface area contributed by atoms with Crippen LogP contribution in [-0.2, 0) is 9.53 Å². The molecule has 0 aliphatic carbocycles. The molecule has 2 unspecified atom stereocenters. The number of anilines is 1. The first-order chi connectivity index (χ1) is 8.56. The lowest BCUT2D eigenvalue weighted by Crippen LogP contribution is -2.43. The van der Waals surface area contributed by atoms with Gasteiger partial charge in [0.25, 0.3) is 0 Å². The minimum absolute atomic E-state index is 0.177. The van der Waals surface area contributed by atoms with Gasteiger partial charge in [0.2, 0.25) is 0 Å². The Labute approximate surface area is 104 Å². The summed E-state index contributed by atoms with van der Waals surface area (Å²) in [6.07, 6.45) is 1.51. The highest BCUT2D eigenvalue weighted by Crippen LogP contribution is 2.31. The molecule has 1 fully saturated rings. The predicted molar refractivity (Wildman–Crippen MR) is 62.9 cm³/mol. The van der Waals surface area contributed by atoms with Gasteiger partial charge in [-0.1, -0.05) is 0 Å². The lowest BCUT2D eigenvalue weighted by molar-refractivity contribution is -0.148. The van der Waals surface area contributed by atoms with E-state index in [0.717, 1.165) is 0 Å². The van der Waals surface area contributed by atoms with Crippen molar-refractivity contribution < 1.29 is 14.6 Å². The molecule has 1 aliphatic rings. The van der Waals surface area contributed by atoms with E-state index in [1.807, 2.05) is 6.07 Å². The molecule has 2 atom stereocenters. The molecule has 0 aromatic carbocycles. The number of nitriles is 1. The molecule has 1 aromatic rings. The van der Waals surface area contributed by atoms with Crippen LogP contribution in [0.2, 0.25) is 0 Å². The number of carbonyl (C=O) groups is 1. The Morgan fingerprint density at radius 1 is 1.78 bits per heavy atom. The van der Waals surface area contributed by atoms with E-state index in [2.05, 4.69) is 10.3 Å². The summed E-state index contributed by atoms with van der Waals surface area (Å²) in [5.74, 6) is -0.896. The van der Waals surface area contributed by atoms with E-state index in [-0.39, 0.29) is 18.3 Å². The molecule has 94 valence electrons. The maximum Gasteiger partial charge on any atom is 0.313 e. The largest absolute Gasteiger partial charge is 0.481 e. The molecule has 1 saturated heterocycles. The van der Waals surface area contributed by atoms with Crippen molar-refractivity contribution in [3.05, 3.63) is 24.0 Å². The van der Waals surface area contributed by atoms with Crippen LogP contribution in [0.15, 0.2) is 18.3 Å². The van der Waals surface area contributed by atoms with Crippen molar-refractivity contribution >= 4 is 11.7 Å². The van der Waals surface area contributed by atoms with Crippen LogP contribution >= 0.6 is 0 Å².